The molecule has 0 spiro atoms. The molecule has 1 saturated heterocycles. The van der Waals surface area contributed by atoms with Gasteiger partial charge >= 0.3 is 0 Å². The summed E-state index contributed by atoms with van der Waals surface area (Å²) in [4.78, 5) is 12.1. The predicted octanol–water partition coefficient (Wildman–Crippen LogP) is 3.27. The van der Waals surface area contributed by atoms with E-state index in [1.807, 2.05) is 43.8 Å². The fourth-order valence-electron chi connectivity index (χ4n) is 2.16. The Morgan fingerprint density at radius 2 is 2.33 bits per heavy atom. The first-order chi connectivity index (χ1) is 10.0. The van der Waals surface area contributed by atoms with Crippen molar-refractivity contribution in [3.05, 3.63) is 22.7 Å². The summed E-state index contributed by atoms with van der Waals surface area (Å²) in [7, 11) is 0. The molecule has 0 aliphatic carbocycles. The average molecular weight is 373 g/mol. The summed E-state index contributed by atoms with van der Waals surface area (Å²) < 4.78 is 6.56. The number of ether oxygens (including phenoxy) is 1. The van der Waals surface area contributed by atoms with Gasteiger partial charge in [-0.3, -0.25) is 4.79 Å². The van der Waals surface area contributed by atoms with Gasteiger partial charge in [0, 0.05) is 46.7 Å². The molecule has 1 aromatic rings. The number of thioether (sulfide) groups is 1. The molecule has 0 radical (unpaired) electrons. The quantitative estimate of drug-likeness (QED) is 0.832. The standard InChI is InChI=1S/C15H21BrN2O2S/c1-10(2)20-14-6-11(16)5-12(7-14)18-15(19)8-13-9-21-4-3-17-13/h5-7,10,13,17H,3-4,8-9H2,1-2H3,(H,18,19). The second-order valence-corrected chi connectivity index (χ2v) is 7.39. The molecule has 0 saturated carbocycles. The van der Waals surface area contributed by atoms with E-state index >= 15 is 0 Å². The van der Waals surface area contributed by atoms with E-state index in [9.17, 15) is 4.79 Å². The second-order valence-electron chi connectivity index (χ2n) is 5.32. The highest BCUT2D eigenvalue weighted by Gasteiger charge is 2.17. The molecule has 1 aliphatic rings. The van der Waals surface area contributed by atoms with Crippen LogP contribution in [0, 0.1) is 0 Å². The number of carbonyl (C=O) groups excluding carboxylic acids is 1. The topological polar surface area (TPSA) is 50.4 Å². The molecular weight excluding hydrogens is 352 g/mol. The summed E-state index contributed by atoms with van der Waals surface area (Å²) in [5, 5.41) is 6.31. The Bertz CT molecular complexity index is 491. The highest BCUT2D eigenvalue weighted by Crippen LogP contribution is 2.26. The number of hydrogen-bond acceptors (Lipinski definition) is 4. The fourth-order valence-corrected chi connectivity index (χ4v) is 3.58. The summed E-state index contributed by atoms with van der Waals surface area (Å²) in [5.41, 5.74) is 0.758. The maximum atomic E-state index is 12.1. The average Bonchev–Trinajstić information content (AvgIpc) is 2.37. The van der Waals surface area contributed by atoms with Gasteiger partial charge in [0.05, 0.1) is 6.10 Å². The molecule has 2 N–H and O–H groups in total. The van der Waals surface area contributed by atoms with Crippen LogP contribution in [0.5, 0.6) is 5.75 Å². The maximum absolute atomic E-state index is 12.1. The molecule has 1 aliphatic heterocycles. The Labute approximate surface area is 138 Å². The Balaban J connectivity index is 1.94. The monoisotopic (exact) mass is 372 g/mol. The molecule has 6 heteroatoms. The van der Waals surface area contributed by atoms with Crippen molar-refractivity contribution in [3.8, 4) is 5.75 Å². The van der Waals surface area contributed by atoms with Crippen LogP contribution in [0.25, 0.3) is 0 Å². The van der Waals surface area contributed by atoms with E-state index in [4.69, 9.17) is 4.74 Å². The second kappa shape index (κ2) is 8.06. The van der Waals surface area contributed by atoms with Crippen LogP contribution in [0.3, 0.4) is 0 Å². The minimum Gasteiger partial charge on any atom is -0.491 e. The van der Waals surface area contributed by atoms with Crippen molar-refractivity contribution >= 4 is 39.3 Å². The van der Waals surface area contributed by atoms with Gasteiger partial charge in [-0.2, -0.15) is 11.8 Å². The van der Waals surface area contributed by atoms with Gasteiger partial charge < -0.3 is 15.4 Å². The van der Waals surface area contributed by atoms with Gasteiger partial charge in [-0.25, -0.2) is 0 Å². The Morgan fingerprint density at radius 1 is 1.52 bits per heavy atom. The Kier molecular flexibility index (Phi) is 6.39. The number of rotatable bonds is 5. The van der Waals surface area contributed by atoms with E-state index in [1.54, 1.807) is 0 Å². The lowest BCUT2D eigenvalue weighted by atomic mass is 10.2. The van der Waals surface area contributed by atoms with Crippen LogP contribution in [0.15, 0.2) is 22.7 Å². The fraction of sp³-hybridized carbons (Fsp3) is 0.533. The first-order valence-electron chi connectivity index (χ1n) is 7.11. The zero-order chi connectivity index (χ0) is 15.2. The number of nitrogens with one attached hydrogen (secondary N) is 2. The molecule has 1 fully saturated rings. The Morgan fingerprint density at radius 3 is 3.00 bits per heavy atom. The van der Waals surface area contributed by atoms with Crippen molar-refractivity contribution in [1.82, 2.24) is 5.32 Å². The molecule has 2 rings (SSSR count). The highest BCUT2D eigenvalue weighted by atomic mass is 79.9. The van der Waals surface area contributed by atoms with Crippen LogP contribution in [-0.4, -0.2) is 36.1 Å². The zero-order valence-corrected chi connectivity index (χ0v) is 14.7. The molecular formula is C15H21BrN2O2S. The van der Waals surface area contributed by atoms with Gasteiger partial charge in [-0.1, -0.05) is 15.9 Å². The number of benzene rings is 1. The lowest BCUT2D eigenvalue weighted by Crippen LogP contribution is -2.39. The van der Waals surface area contributed by atoms with Gasteiger partial charge in [-0.05, 0) is 26.0 Å². The van der Waals surface area contributed by atoms with Crippen LogP contribution >= 0.6 is 27.7 Å². The van der Waals surface area contributed by atoms with Crippen LogP contribution in [0.2, 0.25) is 0 Å². The maximum Gasteiger partial charge on any atom is 0.225 e. The normalized spacial score (nSPS) is 18.6. The van der Waals surface area contributed by atoms with Crippen molar-refractivity contribution in [2.24, 2.45) is 0 Å². The van der Waals surface area contributed by atoms with Crippen molar-refractivity contribution < 1.29 is 9.53 Å². The number of amides is 1. The van der Waals surface area contributed by atoms with E-state index in [-0.39, 0.29) is 18.1 Å². The van der Waals surface area contributed by atoms with E-state index in [2.05, 4.69) is 26.6 Å². The minimum atomic E-state index is 0.0311. The van der Waals surface area contributed by atoms with E-state index in [0.29, 0.717) is 6.42 Å². The summed E-state index contributed by atoms with van der Waals surface area (Å²) in [6.45, 7) is 4.93. The lowest BCUT2D eigenvalue weighted by molar-refractivity contribution is -0.116. The molecule has 1 unspecified atom stereocenters. The number of anilines is 1. The molecule has 1 heterocycles. The van der Waals surface area contributed by atoms with E-state index in [1.165, 1.54) is 0 Å². The molecule has 0 bridgehead atoms. The highest BCUT2D eigenvalue weighted by molar-refractivity contribution is 9.10. The van der Waals surface area contributed by atoms with Crippen LogP contribution in [0.1, 0.15) is 20.3 Å². The van der Waals surface area contributed by atoms with Crippen LogP contribution in [0.4, 0.5) is 5.69 Å². The molecule has 116 valence electrons. The van der Waals surface area contributed by atoms with Gasteiger partial charge in [0.1, 0.15) is 5.75 Å². The Hall–Kier alpha value is -0.720. The third-order valence-corrected chi connectivity index (χ3v) is 4.55. The first-order valence-corrected chi connectivity index (χ1v) is 9.06. The number of carbonyl (C=O) groups is 1. The largest absolute Gasteiger partial charge is 0.491 e. The van der Waals surface area contributed by atoms with Crippen molar-refractivity contribution in [2.75, 3.05) is 23.4 Å². The van der Waals surface area contributed by atoms with Gasteiger partial charge in [0.25, 0.3) is 0 Å². The summed E-state index contributed by atoms with van der Waals surface area (Å²) in [6.07, 6.45) is 0.603. The third-order valence-electron chi connectivity index (χ3n) is 2.96. The van der Waals surface area contributed by atoms with Gasteiger partial charge in [0.15, 0.2) is 0 Å². The van der Waals surface area contributed by atoms with E-state index in [0.717, 1.165) is 34.0 Å². The van der Waals surface area contributed by atoms with E-state index < -0.39 is 0 Å². The molecule has 0 aromatic heterocycles. The third kappa shape index (κ3) is 5.88. The summed E-state index contributed by atoms with van der Waals surface area (Å²) in [5.74, 6) is 2.90. The molecule has 21 heavy (non-hydrogen) atoms. The smallest absolute Gasteiger partial charge is 0.225 e. The van der Waals surface area contributed by atoms with Gasteiger partial charge in [-0.15, -0.1) is 0 Å². The van der Waals surface area contributed by atoms with Crippen LogP contribution in [-0.2, 0) is 4.79 Å². The molecule has 1 aromatic carbocycles. The van der Waals surface area contributed by atoms with Crippen molar-refractivity contribution in [3.63, 3.8) is 0 Å². The van der Waals surface area contributed by atoms with Crippen molar-refractivity contribution in [1.29, 1.82) is 0 Å². The number of halogens is 1. The number of hydrogen-bond donors (Lipinski definition) is 2. The molecule has 4 nitrogen and oxygen atoms in total. The molecule has 1 atom stereocenters. The summed E-state index contributed by atoms with van der Waals surface area (Å²) >= 11 is 5.34. The predicted molar refractivity (Wildman–Crippen MR) is 92.3 cm³/mol. The first kappa shape index (κ1) is 16.6. The zero-order valence-electron chi connectivity index (χ0n) is 12.3. The van der Waals surface area contributed by atoms with Crippen LogP contribution < -0.4 is 15.4 Å². The van der Waals surface area contributed by atoms with Crippen molar-refractivity contribution in [2.45, 2.75) is 32.4 Å². The lowest BCUT2D eigenvalue weighted by Gasteiger charge is -2.22. The van der Waals surface area contributed by atoms with Gasteiger partial charge in [0.2, 0.25) is 5.91 Å². The summed E-state index contributed by atoms with van der Waals surface area (Å²) in [6, 6.07) is 5.90. The SMILES string of the molecule is CC(C)Oc1cc(Br)cc(NC(=O)CC2CSCCN2)c1. The molecule has 1 amide bonds. The minimum absolute atomic E-state index is 0.0311.